The molecule has 1 aromatic rings. The standard InChI is InChI=1S/C11H11F2NO4S/c1-6(3-11(15)18-2)19-10-5-8(13)7(12)4-9(10)14(16)17/h4-6H,3H2,1-2H3. The highest BCUT2D eigenvalue weighted by Gasteiger charge is 2.22. The molecule has 19 heavy (non-hydrogen) atoms. The molecule has 0 spiro atoms. The van der Waals surface area contributed by atoms with E-state index in [1.165, 1.54) is 7.11 Å². The number of ether oxygens (including phenoxy) is 1. The van der Waals surface area contributed by atoms with Crippen LogP contribution in [0.4, 0.5) is 14.5 Å². The Balaban J connectivity index is 2.96. The normalized spacial score (nSPS) is 12.0. The predicted octanol–water partition coefficient (Wildman–Crippen LogP) is 2.92. The van der Waals surface area contributed by atoms with Gasteiger partial charge in [-0.25, -0.2) is 8.78 Å². The minimum absolute atomic E-state index is 0.0112. The Hall–Kier alpha value is -1.70. The van der Waals surface area contributed by atoms with E-state index < -0.39 is 28.2 Å². The van der Waals surface area contributed by atoms with Crippen LogP contribution in [0.1, 0.15) is 13.3 Å². The molecule has 0 aliphatic carbocycles. The van der Waals surface area contributed by atoms with Gasteiger partial charge in [-0.15, -0.1) is 11.8 Å². The summed E-state index contributed by atoms with van der Waals surface area (Å²) < 4.78 is 30.5. The van der Waals surface area contributed by atoms with E-state index in [1.807, 2.05) is 0 Å². The van der Waals surface area contributed by atoms with Gasteiger partial charge in [0.2, 0.25) is 0 Å². The Labute approximate surface area is 112 Å². The van der Waals surface area contributed by atoms with E-state index in [0.717, 1.165) is 17.8 Å². The molecule has 0 saturated carbocycles. The van der Waals surface area contributed by atoms with Crippen LogP contribution in [0.5, 0.6) is 0 Å². The molecule has 0 saturated heterocycles. The number of rotatable bonds is 5. The van der Waals surface area contributed by atoms with Gasteiger partial charge in [0.05, 0.1) is 29.4 Å². The highest BCUT2D eigenvalue weighted by Crippen LogP contribution is 2.34. The van der Waals surface area contributed by atoms with E-state index in [1.54, 1.807) is 6.92 Å². The van der Waals surface area contributed by atoms with Gasteiger partial charge in [-0.05, 0) is 6.07 Å². The van der Waals surface area contributed by atoms with Crippen LogP contribution in [0.3, 0.4) is 0 Å². The number of nitrogens with zero attached hydrogens (tertiary/aromatic N) is 1. The molecule has 1 unspecified atom stereocenters. The van der Waals surface area contributed by atoms with E-state index >= 15 is 0 Å². The topological polar surface area (TPSA) is 69.4 Å². The average Bonchev–Trinajstić information content (AvgIpc) is 2.32. The number of nitro benzene ring substituents is 1. The third kappa shape index (κ3) is 4.16. The van der Waals surface area contributed by atoms with Crippen molar-refractivity contribution in [3.8, 4) is 0 Å². The van der Waals surface area contributed by atoms with Crippen LogP contribution < -0.4 is 0 Å². The van der Waals surface area contributed by atoms with Gasteiger partial charge in [-0.2, -0.15) is 0 Å². The average molecular weight is 291 g/mol. The number of nitro groups is 1. The van der Waals surface area contributed by atoms with Gasteiger partial charge in [0.1, 0.15) is 0 Å². The molecule has 0 aliphatic rings. The van der Waals surface area contributed by atoms with E-state index in [0.29, 0.717) is 6.07 Å². The summed E-state index contributed by atoms with van der Waals surface area (Å²) in [7, 11) is 1.22. The number of hydrogen-bond acceptors (Lipinski definition) is 5. The molecule has 8 heteroatoms. The first-order chi connectivity index (χ1) is 8.85. The summed E-state index contributed by atoms with van der Waals surface area (Å²) in [6.45, 7) is 1.63. The number of carbonyl (C=O) groups excluding carboxylic acids is 1. The molecule has 104 valence electrons. The number of benzene rings is 1. The third-order valence-corrected chi connectivity index (χ3v) is 3.36. The van der Waals surface area contributed by atoms with E-state index in [9.17, 15) is 23.7 Å². The fraction of sp³-hybridized carbons (Fsp3) is 0.364. The lowest BCUT2D eigenvalue weighted by atomic mass is 10.3. The minimum Gasteiger partial charge on any atom is -0.469 e. The molecule has 0 heterocycles. The SMILES string of the molecule is COC(=O)CC(C)Sc1cc(F)c(F)cc1[N+](=O)[O-]. The largest absolute Gasteiger partial charge is 0.469 e. The number of esters is 1. The van der Waals surface area contributed by atoms with Gasteiger partial charge in [-0.3, -0.25) is 14.9 Å². The van der Waals surface area contributed by atoms with Crippen molar-refractivity contribution in [1.82, 2.24) is 0 Å². The van der Waals surface area contributed by atoms with Gasteiger partial charge in [0.25, 0.3) is 5.69 Å². The first-order valence-corrected chi connectivity index (χ1v) is 6.10. The molecule has 0 aromatic heterocycles. The second kappa shape index (κ2) is 6.46. The summed E-state index contributed by atoms with van der Waals surface area (Å²) in [5, 5.41) is 10.4. The van der Waals surface area contributed by atoms with Gasteiger partial charge >= 0.3 is 5.97 Å². The molecule has 0 radical (unpaired) electrons. The molecule has 5 nitrogen and oxygen atoms in total. The maximum atomic E-state index is 13.1. The fourth-order valence-corrected chi connectivity index (χ4v) is 2.41. The Morgan fingerprint density at radius 1 is 1.47 bits per heavy atom. The zero-order valence-corrected chi connectivity index (χ0v) is 11.0. The molecule has 0 fully saturated rings. The number of methoxy groups -OCH3 is 1. The van der Waals surface area contributed by atoms with Crippen LogP contribution >= 0.6 is 11.8 Å². The summed E-state index contributed by atoms with van der Waals surface area (Å²) in [4.78, 5) is 21.0. The van der Waals surface area contributed by atoms with E-state index in [-0.39, 0.29) is 16.6 Å². The Bertz CT molecular complexity index is 510. The van der Waals surface area contributed by atoms with Crippen molar-refractivity contribution in [2.24, 2.45) is 0 Å². The molecule has 0 aliphatic heterocycles. The van der Waals surface area contributed by atoms with Crippen LogP contribution in [0.15, 0.2) is 17.0 Å². The van der Waals surface area contributed by atoms with Crippen molar-refractivity contribution in [3.63, 3.8) is 0 Å². The lowest BCUT2D eigenvalue weighted by Crippen LogP contribution is -2.09. The Kier molecular flexibility index (Phi) is 5.22. The maximum Gasteiger partial charge on any atom is 0.306 e. The van der Waals surface area contributed by atoms with E-state index in [4.69, 9.17) is 0 Å². The van der Waals surface area contributed by atoms with Crippen molar-refractivity contribution in [3.05, 3.63) is 33.9 Å². The summed E-state index contributed by atoms with van der Waals surface area (Å²) >= 11 is 0.916. The highest BCUT2D eigenvalue weighted by molar-refractivity contribution is 8.00. The zero-order valence-electron chi connectivity index (χ0n) is 10.2. The first kappa shape index (κ1) is 15.4. The minimum atomic E-state index is -1.28. The van der Waals surface area contributed by atoms with Gasteiger partial charge < -0.3 is 4.74 Å². The molecular formula is C11H11F2NO4S. The van der Waals surface area contributed by atoms with Gasteiger partial charge in [0.15, 0.2) is 11.6 Å². The highest BCUT2D eigenvalue weighted by atomic mass is 32.2. The van der Waals surface area contributed by atoms with Crippen LogP contribution in [-0.2, 0) is 9.53 Å². The molecular weight excluding hydrogens is 280 g/mol. The maximum absolute atomic E-state index is 13.1. The van der Waals surface area contributed by atoms with Gasteiger partial charge in [0, 0.05) is 5.25 Å². The summed E-state index contributed by atoms with van der Waals surface area (Å²) in [5.74, 6) is -2.93. The summed E-state index contributed by atoms with van der Waals surface area (Å²) in [6, 6.07) is 1.29. The summed E-state index contributed by atoms with van der Waals surface area (Å²) in [5.41, 5.74) is -0.527. The number of hydrogen-bond donors (Lipinski definition) is 0. The van der Waals surface area contributed by atoms with Crippen LogP contribution in [-0.4, -0.2) is 23.3 Å². The number of carbonyl (C=O) groups is 1. The Morgan fingerprint density at radius 3 is 2.58 bits per heavy atom. The molecule has 0 amide bonds. The fourth-order valence-electron chi connectivity index (χ4n) is 1.33. The van der Waals surface area contributed by atoms with Crippen molar-refractivity contribution in [1.29, 1.82) is 0 Å². The second-order valence-corrected chi connectivity index (χ2v) is 5.18. The van der Waals surface area contributed by atoms with Crippen molar-refractivity contribution in [2.75, 3.05) is 7.11 Å². The smallest absolute Gasteiger partial charge is 0.306 e. The van der Waals surface area contributed by atoms with Crippen molar-refractivity contribution >= 4 is 23.4 Å². The van der Waals surface area contributed by atoms with Crippen molar-refractivity contribution < 1.29 is 23.2 Å². The quantitative estimate of drug-likeness (QED) is 0.361. The first-order valence-electron chi connectivity index (χ1n) is 5.22. The van der Waals surface area contributed by atoms with Gasteiger partial charge in [-0.1, -0.05) is 6.92 Å². The molecule has 1 aromatic carbocycles. The van der Waals surface area contributed by atoms with Crippen LogP contribution in [0, 0.1) is 21.7 Å². The summed E-state index contributed by atoms with van der Waals surface area (Å²) in [6.07, 6.45) is 0.0112. The third-order valence-electron chi connectivity index (χ3n) is 2.21. The van der Waals surface area contributed by atoms with Crippen LogP contribution in [0.2, 0.25) is 0 Å². The molecule has 0 bridgehead atoms. The lowest BCUT2D eigenvalue weighted by Gasteiger charge is -2.10. The molecule has 1 atom stereocenters. The van der Waals surface area contributed by atoms with E-state index in [2.05, 4.69) is 4.74 Å². The number of thioether (sulfide) groups is 1. The Morgan fingerprint density at radius 2 is 2.05 bits per heavy atom. The zero-order chi connectivity index (χ0) is 14.6. The lowest BCUT2D eigenvalue weighted by molar-refractivity contribution is -0.388. The molecule has 1 rings (SSSR count). The second-order valence-electron chi connectivity index (χ2n) is 3.70. The van der Waals surface area contributed by atoms with Crippen molar-refractivity contribution in [2.45, 2.75) is 23.5 Å². The monoisotopic (exact) mass is 291 g/mol. The predicted molar refractivity (Wildman–Crippen MR) is 65.0 cm³/mol. The van der Waals surface area contributed by atoms with Crippen LogP contribution in [0.25, 0.3) is 0 Å². The number of halogens is 2. The molecule has 0 N–H and O–H groups in total.